The molecular weight excluding hydrogens is 332 g/mol. The van der Waals surface area contributed by atoms with Crippen molar-refractivity contribution in [2.24, 2.45) is 4.99 Å². The van der Waals surface area contributed by atoms with E-state index in [-0.39, 0.29) is 0 Å². The molecule has 2 unspecified atom stereocenters. The standard InChI is InChI=1S/C19H36N4O3/c1-2-20-19(21-7-4-11-25-16-18-5-3-12-26-18)23-8-6-17(15-23)22-9-13-24-14-10-22/h17-18H,2-16H2,1H3,(H,20,21). The normalized spacial score (nSPS) is 28.0. The topological polar surface area (TPSA) is 58.6 Å². The molecule has 3 heterocycles. The van der Waals surface area contributed by atoms with Crippen molar-refractivity contribution >= 4 is 5.96 Å². The molecule has 0 amide bonds. The minimum absolute atomic E-state index is 0.317. The lowest BCUT2D eigenvalue weighted by Crippen LogP contribution is -2.46. The average Bonchev–Trinajstić information content (AvgIpc) is 3.36. The monoisotopic (exact) mass is 368 g/mol. The van der Waals surface area contributed by atoms with Crippen LogP contribution in [0.3, 0.4) is 0 Å². The van der Waals surface area contributed by atoms with Crippen molar-refractivity contribution < 1.29 is 14.2 Å². The maximum Gasteiger partial charge on any atom is 0.193 e. The van der Waals surface area contributed by atoms with Gasteiger partial charge in [0.2, 0.25) is 0 Å². The van der Waals surface area contributed by atoms with Crippen LogP contribution in [0.15, 0.2) is 4.99 Å². The molecule has 3 aliphatic heterocycles. The number of aliphatic imine (C=N–C) groups is 1. The van der Waals surface area contributed by atoms with Crippen LogP contribution < -0.4 is 5.32 Å². The van der Waals surface area contributed by atoms with Crippen LogP contribution in [0.1, 0.15) is 32.6 Å². The number of hydrogen-bond acceptors (Lipinski definition) is 5. The molecule has 3 aliphatic rings. The van der Waals surface area contributed by atoms with Crippen LogP contribution >= 0.6 is 0 Å². The molecule has 0 aliphatic carbocycles. The van der Waals surface area contributed by atoms with E-state index in [2.05, 4.69) is 22.0 Å². The number of guanidine groups is 1. The second kappa shape index (κ2) is 11.1. The Kier molecular flexibility index (Phi) is 8.45. The van der Waals surface area contributed by atoms with E-state index in [1.807, 2.05) is 0 Å². The number of nitrogens with zero attached hydrogens (tertiary/aromatic N) is 3. The van der Waals surface area contributed by atoms with Gasteiger partial charge in [0.05, 0.1) is 25.9 Å². The Labute approximate surface area is 158 Å². The summed E-state index contributed by atoms with van der Waals surface area (Å²) >= 11 is 0. The van der Waals surface area contributed by atoms with Gasteiger partial charge in [-0.2, -0.15) is 0 Å². The number of hydrogen-bond donors (Lipinski definition) is 1. The summed E-state index contributed by atoms with van der Waals surface area (Å²) < 4.78 is 16.8. The first-order valence-electron chi connectivity index (χ1n) is 10.4. The Hall–Kier alpha value is -0.890. The van der Waals surface area contributed by atoms with Gasteiger partial charge < -0.3 is 24.4 Å². The van der Waals surface area contributed by atoms with Crippen LogP contribution in [-0.2, 0) is 14.2 Å². The third-order valence-corrected chi connectivity index (χ3v) is 5.40. The highest BCUT2D eigenvalue weighted by molar-refractivity contribution is 5.80. The third kappa shape index (κ3) is 6.08. The molecule has 1 N–H and O–H groups in total. The van der Waals surface area contributed by atoms with Gasteiger partial charge in [-0.15, -0.1) is 0 Å². The van der Waals surface area contributed by atoms with E-state index in [9.17, 15) is 0 Å². The first-order valence-corrected chi connectivity index (χ1v) is 10.4. The van der Waals surface area contributed by atoms with Crippen molar-refractivity contribution in [2.45, 2.75) is 44.8 Å². The Balaban J connectivity index is 1.36. The molecule has 26 heavy (non-hydrogen) atoms. The van der Waals surface area contributed by atoms with Gasteiger partial charge in [-0.05, 0) is 32.6 Å². The van der Waals surface area contributed by atoms with E-state index < -0.39 is 0 Å². The molecule has 0 aromatic rings. The SMILES string of the molecule is CCNC(=NCCCOCC1CCCO1)N1CCC(N2CCOCC2)C1. The minimum atomic E-state index is 0.317. The second-order valence-electron chi connectivity index (χ2n) is 7.34. The fourth-order valence-corrected chi connectivity index (χ4v) is 3.94. The Bertz CT molecular complexity index is 423. The predicted molar refractivity (Wildman–Crippen MR) is 103 cm³/mol. The lowest BCUT2D eigenvalue weighted by molar-refractivity contribution is 0.0170. The second-order valence-corrected chi connectivity index (χ2v) is 7.34. The first-order chi connectivity index (χ1) is 12.9. The van der Waals surface area contributed by atoms with E-state index in [0.717, 1.165) is 91.1 Å². The molecule has 3 rings (SSSR count). The molecule has 0 aromatic heterocycles. The summed E-state index contributed by atoms with van der Waals surface area (Å²) in [6.45, 7) is 12.3. The Morgan fingerprint density at radius 1 is 1.19 bits per heavy atom. The van der Waals surface area contributed by atoms with Gasteiger partial charge in [0.25, 0.3) is 0 Å². The van der Waals surface area contributed by atoms with Crippen molar-refractivity contribution in [3.05, 3.63) is 0 Å². The van der Waals surface area contributed by atoms with Crippen LogP contribution in [0.4, 0.5) is 0 Å². The van der Waals surface area contributed by atoms with Gasteiger partial charge in [-0.3, -0.25) is 9.89 Å². The van der Waals surface area contributed by atoms with Crippen molar-refractivity contribution in [2.75, 3.05) is 72.3 Å². The van der Waals surface area contributed by atoms with E-state index in [0.29, 0.717) is 12.1 Å². The minimum Gasteiger partial charge on any atom is -0.379 e. The molecule has 0 aromatic carbocycles. The van der Waals surface area contributed by atoms with Crippen molar-refractivity contribution in [1.29, 1.82) is 0 Å². The zero-order chi connectivity index (χ0) is 18.0. The summed E-state index contributed by atoms with van der Waals surface area (Å²) in [4.78, 5) is 9.81. The van der Waals surface area contributed by atoms with Crippen LogP contribution in [0.5, 0.6) is 0 Å². The summed E-state index contributed by atoms with van der Waals surface area (Å²) in [7, 11) is 0. The Morgan fingerprint density at radius 3 is 2.85 bits per heavy atom. The number of morpholine rings is 1. The highest BCUT2D eigenvalue weighted by Crippen LogP contribution is 2.17. The van der Waals surface area contributed by atoms with Gasteiger partial charge in [0.15, 0.2) is 5.96 Å². The van der Waals surface area contributed by atoms with Gasteiger partial charge >= 0.3 is 0 Å². The molecule has 0 radical (unpaired) electrons. The van der Waals surface area contributed by atoms with Crippen molar-refractivity contribution in [3.8, 4) is 0 Å². The zero-order valence-electron chi connectivity index (χ0n) is 16.3. The fraction of sp³-hybridized carbons (Fsp3) is 0.947. The summed E-state index contributed by atoms with van der Waals surface area (Å²) in [6.07, 6.45) is 4.81. The highest BCUT2D eigenvalue weighted by atomic mass is 16.5. The molecule has 3 fully saturated rings. The molecular formula is C19H36N4O3. The number of likely N-dealkylation sites (tertiary alicyclic amines) is 1. The third-order valence-electron chi connectivity index (χ3n) is 5.40. The van der Waals surface area contributed by atoms with E-state index in [1.165, 1.54) is 12.8 Å². The molecule has 7 heteroatoms. The molecule has 150 valence electrons. The summed E-state index contributed by atoms with van der Waals surface area (Å²) in [5.41, 5.74) is 0. The van der Waals surface area contributed by atoms with Crippen LogP contribution in [0.25, 0.3) is 0 Å². The van der Waals surface area contributed by atoms with Gasteiger partial charge in [-0.25, -0.2) is 0 Å². The molecule has 0 spiro atoms. The van der Waals surface area contributed by atoms with E-state index in [4.69, 9.17) is 19.2 Å². The van der Waals surface area contributed by atoms with Crippen molar-refractivity contribution in [1.82, 2.24) is 15.1 Å². The largest absolute Gasteiger partial charge is 0.379 e. The molecule has 3 saturated heterocycles. The van der Waals surface area contributed by atoms with Crippen LogP contribution in [0.2, 0.25) is 0 Å². The maximum absolute atomic E-state index is 5.73. The number of rotatable bonds is 8. The lowest BCUT2D eigenvalue weighted by Gasteiger charge is -2.32. The molecule has 2 atom stereocenters. The van der Waals surface area contributed by atoms with Crippen LogP contribution in [0, 0.1) is 0 Å². The van der Waals surface area contributed by atoms with Crippen LogP contribution in [-0.4, -0.2) is 100 Å². The quantitative estimate of drug-likeness (QED) is 0.391. The Morgan fingerprint density at radius 2 is 2.08 bits per heavy atom. The summed E-state index contributed by atoms with van der Waals surface area (Å²) in [5, 5.41) is 3.46. The molecule has 0 saturated carbocycles. The fourth-order valence-electron chi connectivity index (χ4n) is 3.94. The van der Waals surface area contributed by atoms with E-state index >= 15 is 0 Å². The van der Waals surface area contributed by atoms with Gasteiger partial charge in [0, 0.05) is 58.5 Å². The number of ether oxygens (including phenoxy) is 3. The zero-order valence-corrected chi connectivity index (χ0v) is 16.3. The van der Waals surface area contributed by atoms with Gasteiger partial charge in [-0.1, -0.05) is 0 Å². The average molecular weight is 369 g/mol. The smallest absolute Gasteiger partial charge is 0.193 e. The van der Waals surface area contributed by atoms with E-state index in [1.54, 1.807) is 0 Å². The molecule has 7 nitrogen and oxygen atoms in total. The summed E-state index contributed by atoms with van der Waals surface area (Å²) in [5.74, 6) is 1.06. The van der Waals surface area contributed by atoms with Gasteiger partial charge in [0.1, 0.15) is 0 Å². The summed E-state index contributed by atoms with van der Waals surface area (Å²) in [6, 6.07) is 0.637. The molecule has 0 bridgehead atoms. The first kappa shape index (κ1) is 19.9. The lowest BCUT2D eigenvalue weighted by atomic mass is 10.2. The van der Waals surface area contributed by atoms with Crippen molar-refractivity contribution in [3.63, 3.8) is 0 Å². The maximum atomic E-state index is 5.73. The number of nitrogens with one attached hydrogen (secondary N) is 1. The predicted octanol–water partition coefficient (Wildman–Crippen LogP) is 0.944. The highest BCUT2D eigenvalue weighted by Gasteiger charge is 2.30.